The van der Waals surface area contributed by atoms with Crippen molar-refractivity contribution in [2.75, 3.05) is 33.7 Å². The summed E-state index contributed by atoms with van der Waals surface area (Å²) in [7, 11) is 4.03. The monoisotopic (exact) mass is 352 g/mol. The van der Waals surface area contributed by atoms with Crippen LogP contribution in [0.5, 0.6) is 0 Å². The van der Waals surface area contributed by atoms with E-state index < -0.39 is 0 Å². The predicted octanol–water partition coefficient (Wildman–Crippen LogP) is 2.27. The van der Waals surface area contributed by atoms with Gasteiger partial charge in [-0.15, -0.1) is 0 Å². The summed E-state index contributed by atoms with van der Waals surface area (Å²) < 4.78 is 0. The molecular formula is C21H28N4O. The van der Waals surface area contributed by atoms with E-state index in [9.17, 15) is 4.79 Å². The Bertz CT molecular complexity index is 799. The molecule has 1 unspecified atom stereocenters. The van der Waals surface area contributed by atoms with Crippen LogP contribution < -0.4 is 5.32 Å². The normalized spacial score (nSPS) is 22.8. The molecule has 1 N–H and O–H groups in total. The zero-order valence-electron chi connectivity index (χ0n) is 15.7. The summed E-state index contributed by atoms with van der Waals surface area (Å²) in [6.45, 7) is 3.84. The van der Waals surface area contributed by atoms with E-state index in [1.54, 1.807) is 0 Å². The van der Waals surface area contributed by atoms with E-state index in [-0.39, 0.29) is 11.9 Å². The molecule has 5 nitrogen and oxygen atoms in total. The molecule has 2 aliphatic rings. The maximum atomic E-state index is 13.1. The number of hydrogen-bond acceptors (Lipinski definition) is 4. The van der Waals surface area contributed by atoms with E-state index in [1.807, 2.05) is 30.3 Å². The topological polar surface area (TPSA) is 48.5 Å². The van der Waals surface area contributed by atoms with Gasteiger partial charge in [0.2, 0.25) is 5.91 Å². The lowest BCUT2D eigenvalue weighted by Gasteiger charge is -2.33. The molecule has 2 aliphatic heterocycles. The highest BCUT2D eigenvalue weighted by atomic mass is 16.2. The lowest BCUT2D eigenvalue weighted by atomic mass is 9.77. The molecule has 0 radical (unpaired) electrons. The standard InChI is InChI=1S/C21H28N4O/c1-24(14-16-5-6-18-17(12-16)4-3-9-23-18)20(26)19-13-21(15-25(19)2)7-10-22-11-8-21/h3-6,9,12,19,22H,7-8,10-11,13-15H2,1-2H3. The van der Waals surface area contributed by atoms with E-state index in [2.05, 4.69) is 40.4 Å². The van der Waals surface area contributed by atoms with Gasteiger partial charge in [-0.2, -0.15) is 0 Å². The molecule has 138 valence electrons. The Kier molecular flexibility index (Phi) is 4.67. The number of likely N-dealkylation sites (N-methyl/N-ethyl adjacent to an activating group) is 2. The van der Waals surface area contributed by atoms with E-state index in [0.717, 1.165) is 42.5 Å². The Hall–Kier alpha value is -1.98. The second-order valence-corrected chi connectivity index (χ2v) is 8.11. The third kappa shape index (κ3) is 3.33. The zero-order chi connectivity index (χ0) is 18.1. The summed E-state index contributed by atoms with van der Waals surface area (Å²) in [5.74, 6) is 0.245. The third-order valence-electron chi connectivity index (χ3n) is 6.16. The summed E-state index contributed by atoms with van der Waals surface area (Å²) in [5.41, 5.74) is 2.47. The first-order valence-electron chi connectivity index (χ1n) is 9.56. The maximum Gasteiger partial charge on any atom is 0.239 e. The first-order valence-corrected chi connectivity index (χ1v) is 9.56. The molecule has 1 spiro atoms. The first-order chi connectivity index (χ1) is 12.6. The number of hydrogen-bond donors (Lipinski definition) is 1. The van der Waals surface area contributed by atoms with Crippen molar-refractivity contribution < 1.29 is 4.79 Å². The molecule has 1 amide bonds. The third-order valence-corrected chi connectivity index (χ3v) is 6.16. The Morgan fingerprint density at radius 1 is 1.35 bits per heavy atom. The van der Waals surface area contributed by atoms with E-state index >= 15 is 0 Å². The Morgan fingerprint density at radius 3 is 2.96 bits per heavy atom. The number of carbonyl (C=O) groups excluding carboxylic acids is 1. The van der Waals surface area contributed by atoms with Gasteiger partial charge < -0.3 is 10.2 Å². The van der Waals surface area contributed by atoms with Crippen LogP contribution in [-0.2, 0) is 11.3 Å². The highest BCUT2D eigenvalue weighted by Crippen LogP contribution is 2.41. The minimum absolute atomic E-state index is 0.0141. The first kappa shape index (κ1) is 17.4. The summed E-state index contributed by atoms with van der Waals surface area (Å²) >= 11 is 0. The van der Waals surface area contributed by atoms with Crippen molar-refractivity contribution >= 4 is 16.8 Å². The van der Waals surface area contributed by atoms with Crippen molar-refractivity contribution in [1.82, 2.24) is 20.1 Å². The van der Waals surface area contributed by atoms with Crippen LogP contribution in [0, 0.1) is 5.41 Å². The van der Waals surface area contributed by atoms with Crippen molar-refractivity contribution in [1.29, 1.82) is 0 Å². The van der Waals surface area contributed by atoms with Gasteiger partial charge in [0.15, 0.2) is 0 Å². The fourth-order valence-electron chi connectivity index (χ4n) is 4.69. The molecule has 1 atom stereocenters. The highest BCUT2D eigenvalue weighted by Gasteiger charge is 2.46. The number of nitrogens with one attached hydrogen (secondary N) is 1. The lowest BCUT2D eigenvalue weighted by Crippen LogP contribution is -2.42. The van der Waals surface area contributed by atoms with Crippen molar-refractivity contribution in [3.05, 3.63) is 42.1 Å². The van der Waals surface area contributed by atoms with E-state index in [4.69, 9.17) is 0 Å². The highest BCUT2D eigenvalue weighted by molar-refractivity contribution is 5.82. The van der Waals surface area contributed by atoms with Crippen molar-refractivity contribution in [3.63, 3.8) is 0 Å². The number of benzene rings is 1. The van der Waals surface area contributed by atoms with E-state index in [0.29, 0.717) is 12.0 Å². The number of rotatable bonds is 3. The van der Waals surface area contributed by atoms with Crippen LogP contribution in [-0.4, -0.2) is 60.5 Å². The minimum Gasteiger partial charge on any atom is -0.340 e. The van der Waals surface area contributed by atoms with Gasteiger partial charge in [0.25, 0.3) is 0 Å². The largest absolute Gasteiger partial charge is 0.340 e. The van der Waals surface area contributed by atoms with Gasteiger partial charge in [-0.3, -0.25) is 14.7 Å². The van der Waals surface area contributed by atoms with Crippen LogP contribution in [0.2, 0.25) is 0 Å². The Labute approximate surface area is 155 Å². The molecule has 2 aromatic rings. The van der Waals surface area contributed by atoms with Crippen LogP contribution in [0.3, 0.4) is 0 Å². The molecule has 4 rings (SSSR count). The summed E-state index contributed by atoms with van der Waals surface area (Å²) in [6, 6.07) is 10.3. The fraction of sp³-hybridized carbons (Fsp3) is 0.524. The van der Waals surface area contributed by atoms with Gasteiger partial charge in [0.1, 0.15) is 0 Å². The zero-order valence-corrected chi connectivity index (χ0v) is 15.7. The number of amides is 1. The lowest BCUT2D eigenvalue weighted by molar-refractivity contribution is -0.134. The van der Waals surface area contributed by atoms with Gasteiger partial charge in [-0.1, -0.05) is 12.1 Å². The van der Waals surface area contributed by atoms with E-state index in [1.165, 1.54) is 12.8 Å². The number of carbonyl (C=O) groups is 1. The van der Waals surface area contributed by atoms with Crippen LogP contribution in [0.1, 0.15) is 24.8 Å². The maximum absolute atomic E-state index is 13.1. The Balaban J connectivity index is 1.45. The van der Waals surface area contributed by atoms with Gasteiger partial charge >= 0.3 is 0 Å². The second-order valence-electron chi connectivity index (χ2n) is 8.11. The van der Waals surface area contributed by atoms with Crippen molar-refractivity contribution in [3.8, 4) is 0 Å². The molecular weight excluding hydrogens is 324 g/mol. The molecule has 2 saturated heterocycles. The molecule has 1 aromatic carbocycles. The number of nitrogens with zero attached hydrogens (tertiary/aromatic N) is 3. The second kappa shape index (κ2) is 6.97. The summed E-state index contributed by atoms with van der Waals surface area (Å²) in [6.07, 6.45) is 5.17. The molecule has 5 heteroatoms. The van der Waals surface area contributed by atoms with Crippen molar-refractivity contribution in [2.24, 2.45) is 5.41 Å². The van der Waals surface area contributed by atoms with Gasteiger partial charge in [-0.05, 0) is 68.6 Å². The number of piperidine rings is 1. The van der Waals surface area contributed by atoms with Crippen LogP contribution in [0.25, 0.3) is 10.9 Å². The van der Waals surface area contributed by atoms with Crippen LogP contribution >= 0.6 is 0 Å². The quantitative estimate of drug-likeness (QED) is 0.921. The van der Waals surface area contributed by atoms with Crippen molar-refractivity contribution in [2.45, 2.75) is 31.8 Å². The number of aromatic nitrogens is 1. The molecule has 0 bridgehead atoms. The molecule has 0 saturated carbocycles. The number of pyridine rings is 1. The van der Waals surface area contributed by atoms with Gasteiger partial charge in [0, 0.05) is 31.7 Å². The minimum atomic E-state index is 0.0141. The SMILES string of the molecule is CN(Cc1ccc2ncccc2c1)C(=O)C1CC2(CCNCC2)CN1C. The van der Waals surface area contributed by atoms with Gasteiger partial charge in [-0.25, -0.2) is 0 Å². The molecule has 0 aliphatic carbocycles. The molecule has 26 heavy (non-hydrogen) atoms. The average Bonchev–Trinajstić information content (AvgIpc) is 2.97. The Morgan fingerprint density at radius 2 is 2.15 bits per heavy atom. The fourth-order valence-corrected chi connectivity index (χ4v) is 4.69. The molecule has 3 heterocycles. The van der Waals surface area contributed by atoms with Gasteiger partial charge in [0.05, 0.1) is 11.6 Å². The number of likely N-dealkylation sites (tertiary alicyclic amines) is 1. The molecule has 2 fully saturated rings. The summed E-state index contributed by atoms with van der Waals surface area (Å²) in [4.78, 5) is 21.6. The number of fused-ring (bicyclic) bond motifs is 1. The summed E-state index contributed by atoms with van der Waals surface area (Å²) in [5, 5.41) is 4.57. The van der Waals surface area contributed by atoms with Crippen LogP contribution in [0.15, 0.2) is 36.5 Å². The predicted molar refractivity (Wildman–Crippen MR) is 104 cm³/mol. The average molecular weight is 352 g/mol. The molecule has 1 aromatic heterocycles. The smallest absolute Gasteiger partial charge is 0.239 e. The van der Waals surface area contributed by atoms with Crippen LogP contribution in [0.4, 0.5) is 0 Å².